The summed E-state index contributed by atoms with van der Waals surface area (Å²) in [5.41, 5.74) is 3.20. The number of hydrogen-bond donors (Lipinski definition) is 0. The van der Waals surface area contributed by atoms with Gasteiger partial charge in [0.2, 0.25) is 0 Å². The highest BCUT2D eigenvalue weighted by Crippen LogP contribution is 2.00. The summed E-state index contributed by atoms with van der Waals surface area (Å²) in [6.45, 7) is 4.98. The van der Waals surface area contributed by atoms with Gasteiger partial charge < -0.3 is 0 Å². The molecule has 1 nitrogen and oxygen atoms in total. The van der Waals surface area contributed by atoms with Crippen molar-refractivity contribution in [1.29, 1.82) is 5.26 Å². The van der Waals surface area contributed by atoms with E-state index in [0.717, 1.165) is 5.56 Å². The maximum atomic E-state index is 7.79. The number of rotatable bonds is 1. The van der Waals surface area contributed by atoms with Crippen LogP contribution in [-0.2, 0) is 0 Å². The van der Waals surface area contributed by atoms with Gasteiger partial charge in [-0.05, 0) is 18.6 Å². The zero-order valence-corrected chi connectivity index (χ0v) is 8.83. The van der Waals surface area contributed by atoms with Crippen LogP contribution in [0.5, 0.6) is 0 Å². The lowest BCUT2D eigenvalue weighted by Crippen LogP contribution is -1.64. The molecule has 0 bridgehead atoms. The number of nitrogens with zero attached hydrogens (tertiary/aromatic N) is 1. The Morgan fingerprint density at radius 2 is 1.93 bits per heavy atom. The fraction of sp³-hybridized carbons (Fsp3) is 0.0833. The maximum absolute atomic E-state index is 7.79. The van der Waals surface area contributed by atoms with E-state index in [2.05, 4.69) is 6.58 Å². The van der Waals surface area contributed by atoms with E-state index in [1.807, 2.05) is 42.5 Å². The second kappa shape index (κ2) is 8.10. The summed E-state index contributed by atoms with van der Waals surface area (Å²) in [5, 5.41) is 7.79. The number of halogens is 1. The first kappa shape index (κ1) is 12.5. The maximum Gasteiger partial charge on any atom is 0.0937 e. The van der Waals surface area contributed by atoms with E-state index in [0.29, 0.717) is 5.57 Å². The highest BCUT2D eigenvalue weighted by atomic mass is 35.5. The van der Waals surface area contributed by atoms with Crippen LogP contribution in [0, 0.1) is 11.3 Å². The Kier molecular flexibility index (Phi) is 7.22. The van der Waals surface area contributed by atoms with Gasteiger partial charge in [0.15, 0.2) is 0 Å². The van der Waals surface area contributed by atoms with Gasteiger partial charge in [-0.1, -0.05) is 48.5 Å². The van der Waals surface area contributed by atoms with Gasteiger partial charge in [0, 0.05) is 11.1 Å². The van der Waals surface area contributed by atoms with Crippen molar-refractivity contribution < 1.29 is 0 Å². The summed E-state index contributed by atoms with van der Waals surface area (Å²) in [6, 6.07) is 11.8. The first-order valence-electron chi connectivity index (χ1n) is 4.08. The summed E-state index contributed by atoms with van der Waals surface area (Å²) in [6.07, 6.45) is 1.85. The molecule has 0 aliphatic carbocycles. The normalized spacial score (nSPS) is 8.64. The summed E-state index contributed by atoms with van der Waals surface area (Å²) in [7, 11) is 0. The number of allylic oxidation sites excluding steroid dienone is 1. The van der Waals surface area contributed by atoms with Crippen LogP contribution in [0.4, 0.5) is 0 Å². The SMILES string of the molecule is C=C(C)C#N.ClC=Cc1ccccc1. The molecule has 0 heterocycles. The molecule has 0 saturated carbocycles. The molecule has 0 aliphatic heterocycles. The van der Waals surface area contributed by atoms with Crippen molar-refractivity contribution in [3.05, 3.63) is 53.6 Å². The predicted octanol–water partition coefficient (Wildman–Crippen LogP) is 3.98. The largest absolute Gasteiger partial charge is 0.193 e. The first-order valence-corrected chi connectivity index (χ1v) is 4.51. The van der Waals surface area contributed by atoms with Gasteiger partial charge in [0.05, 0.1) is 6.07 Å². The van der Waals surface area contributed by atoms with Gasteiger partial charge in [0.1, 0.15) is 0 Å². The van der Waals surface area contributed by atoms with E-state index < -0.39 is 0 Å². The van der Waals surface area contributed by atoms with Gasteiger partial charge in [0.25, 0.3) is 0 Å². The van der Waals surface area contributed by atoms with Gasteiger partial charge >= 0.3 is 0 Å². The monoisotopic (exact) mass is 205 g/mol. The van der Waals surface area contributed by atoms with E-state index >= 15 is 0 Å². The summed E-state index contributed by atoms with van der Waals surface area (Å²) in [4.78, 5) is 0. The quantitative estimate of drug-likeness (QED) is 0.637. The van der Waals surface area contributed by atoms with E-state index in [1.54, 1.807) is 6.92 Å². The second-order valence-corrected chi connectivity index (χ2v) is 2.85. The molecule has 1 rings (SSSR count). The number of nitriles is 1. The van der Waals surface area contributed by atoms with Crippen LogP contribution in [0.25, 0.3) is 6.08 Å². The van der Waals surface area contributed by atoms with Crippen LogP contribution in [0.1, 0.15) is 12.5 Å². The average molecular weight is 206 g/mol. The Bertz CT molecular complexity index is 333. The molecule has 0 atom stereocenters. The summed E-state index contributed by atoms with van der Waals surface area (Å²) in [5.74, 6) is 0. The molecule has 0 spiro atoms. The van der Waals surface area contributed by atoms with Crippen LogP contribution in [-0.4, -0.2) is 0 Å². The minimum Gasteiger partial charge on any atom is -0.193 e. The predicted molar refractivity (Wildman–Crippen MR) is 61.8 cm³/mol. The average Bonchev–Trinajstić information content (AvgIpc) is 2.21. The van der Waals surface area contributed by atoms with Crippen molar-refractivity contribution in [2.24, 2.45) is 0 Å². The third kappa shape index (κ3) is 7.15. The Hall–Kier alpha value is -1.52. The minimum absolute atomic E-state index is 0.560. The smallest absolute Gasteiger partial charge is 0.0937 e. The van der Waals surface area contributed by atoms with Crippen molar-refractivity contribution >= 4 is 17.7 Å². The standard InChI is InChI=1S/C8H7Cl.C4H5N/c9-7-6-8-4-2-1-3-5-8;1-4(2)3-5/h1-7H;1H2,2H3. The fourth-order valence-corrected chi connectivity index (χ4v) is 0.782. The lowest BCUT2D eigenvalue weighted by molar-refractivity contribution is 1.46. The zero-order chi connectivity index (χ0) is 10.8. The molecular weight excluding hydrogens is 194 g/mol. The lowest BCUT2D eigenvalue weighted by Gasteiger charge is -1.86. The zero-order valence-electron chi connectivity index (χ0n) is 8.07. The summed E-state index contributed by atoms with van der Waals surface area (Å²) >= 11 is 5.36. The van der Waals surface area contributed by atoms with Crippen molar-refractivity contribution in [3.63, 3.8) is 0 Å². The molecule has 0 aliphatic rings. The third-order valence-corrected chi connectivity index (χ3v) is 1.37. The van der Waals surface area contributed by atoms with Crippen LogP contribution in [0.15, 0.2) is 48.0 Å². The van der Waals surface area contributed by atoms with E-state index in [9.17, 15) is 0 Å². The highest BCUT2D eigenvalue weighted by molar-refractivity contribution is 6.27. The first-order chi connectivity index (χ1) is 6.70. The Balaban J connectivity index is 0.000000292. The Labute approximate surface area is 89.9 Å². The van der Waals surface area contributed by atoms with Gasteiger partial charge in [-0.2, -0.15) is 5.26 Å². The molecule has 1 aromatic rings. The molecule has 2 heteroatoms. The van der Waals surface area contributed by atoms with Gasteiger partial charge in [-0.3, -0.25) is 0 Å². The molecular formula is C12H12ClN. The molecule has 14 heavy (non-hydrogen) atoms. The topological polar surface area (TPSA) is 23.8 Å². The molecule has 0 unspecified atom stereocenters. The lowest BCUT2D eigenvalue weighted by atomic mass is 10.2. The van der Waals surface area contributed by atoms with Crippen molar-refractivity contribution in [2.45, 2.75) is 6.92 Å². The third-order valence-electron chi connectivity index (χ3n) is 1.25. The molecule has 0 fully saturated rings. The van der Waals surface area contributed by atoms with Crippen LogP contribution in [0.3, 0.4) is 0 Å². The van der Waals surface area contributed by atoms with Crippen LogP contribution >= 0.6 is 11.6 Å². The van der Waals surface area contributed by atoms with Crippen LogP contribution < -0.4 is 0 Å². The second-order valence-electron chi connectivity index (χ2n) is 2.60. The van der Waals surface area contributed by atoms with Crippen molar-refractivity contribution in [3.8, 4) is 6.07 Å². The molecule has 1 aromatic carbocycles. The van der Waals surface area contributed by atoms with E-state index in [1.165, 1.54) is 5.54 Å². The molecule has 0 amide bonds. The Morgan fingerprint density at radius 1 is 1.43 bits per heavy atom. The minimum atomic E-state index is 0.560. The van der Waals surface area contributed by atoms with Crippen molar-refractivity contribution in [2.75, 3.05) is 0 Å². The number of benzene rings is 1. The van der Waals surface area contributed by atoms with Crippen molar-refractivity contribution in [1.82, 2.24) is 0 Å². The highest BCUT2D eigenvalue weighted by Gasteiger charge is 1.78. The number of hydrogen-bond acceptors (Lipinski definition) is 1. The molecule has 0 N–H and O–H groups in total. The van der Waals surface area contributed by atoms with E-state index in [4.69, 9.17) is 16.9 Å². The van der Waals surface area contributed by atoms with Gasteiger partial charge in [-0.25, -0.2) is 0 Å². The molecule has 0 radical (unpaired) electrons. The Morgan fingerprint density at radius 3 is 2.29 bits per heavy atom. The fourth-order valence-electron chi connectivity index (χ4n) is 0.637. The van der Waals surface area contributed by atoms with E-state index in [-0.39, 0.29) is 0 Å². The molecule has 72 valence electrons. The van der Waals surface area contributed by atoms with Gasteiger partial charge in [-0.15, -0.1) is 0 Å². The summed E-state index contributed by atoms with van der Waals surface area (Å²) < 4.78 is 0. The molecule has 0 saturated heterocycles. The van der Waals surface area contributed by atoms with Crippen LogP contribution in [0.2, 0.25) is 0 Å². The molecule has 0 aromatic heterocycles.